The zero-order valence-corrected chi connectivity index (χ0v) is 10.3. The maximum absolute atomic E-state index is 13.4. The van der Waals surface area contributed by atoms with Crippen LogP contribution < -0.4 is 11.3 Å². The highest BCUT2D eigenvalue weighted by Crippen LogP contribution is 2.13. The van der Waals surface area contributed by atoms with Crippen LogP contribution in [-0.2, 0) is 15.9 Å². The zero-order chi connectivity index (χ0) is 13.4. The molecule has 102 valence electrons. The SMILES string of the molecule is COCCOCC(Cc1cccc(F)c1F)NN. The van der Waals surface area contributed by atoms with Crippen molar-refractivity contribution in [2.75, 3.05) is 26.9 Å². The third kappa shape index (κ3) is 4.66. The van der Waals surface area contributed by atoms with E-state index in [4.69, 9.17) is 15.3 Å². The van der Waals surface area contributed by atoms with E-state index in [9.17, 15) is 8.78 Å². The Morgan fingerprint density at radius 3 is 2.78 bits per heavy atom. The average molecular weight is 260 g/mol. The molecule has 1 rings (SSSR count). The first-order valence-corrected chi connectivity index (χ1v) is 5.64. The molecular formula is C12H18F2N2O2. The summed E-state index contributed by atoms with van der Waals surface area (Å²) in [7, 11) is 1.57. The zero-order valence-electron chi connectivity index (χ0n) is 10.3. The molecule has 3 N–H and O–H groups in total. The van der Waals surface area contributed by atoms with Crippen LogP contribution in [0.15, 0.2) is 18.2 Å². The third-order valence-electron chi connectivity index (χ3n) is 2.48. The van der Waals surface area contributed by atoms with Gasteiger partial charge in [-0.2, -0.15) is 0 Å². The molecule has 0 aromatic heterocycles. The molecule has 0 fully saturated rings. The van der Waals surface area contributed by atoms with Gasteiger partial charge < -0.3 is 9.47 Å². The molecule has 0 amide bonds. The molecular weight excluding hydrogens is 242 g/mol. The number of hydrogen-bond donors (Lipinski definition) is 2. The van der Waals surface area contributed by atoms with E-state index < -0.39 is 11.6 Å². The van der Waals surface area contributed by atoms with Crippen molar-refractivity contribution in [3.63, 3.8) is 0 Å². The number of benzene rings is 1. The number of rotatable bonds is 8. The molecule has 0 heterocycles. The van der Waals surface area contributed by atoms with E-state index in [1.54, 1.807) is 7.11 Å². The van der Waals surface area contributed by atoms with E-state index in [1.807, 2.05) is 0 Å². The van der Waals surface area contributed by atoms with Gasteiger partial charge in [0, 0.05) is 13.2 Å². The van der Waals surface area contributed by atoms with Gasteiger partial charge in [0.25, 0.3) is 0 Å². The van der Waals surface area contributed by atoms with Crippen LogP contribution in [-0.4, -0.2) is 33.0 Å². The molecule has 0 aliphatic rings. The average Bonchev–Trinajstić information content (AvgIpc) is 2.38. The molecule has 0 saturated carbocycles. The molecule has 0 radical (unpaired) electrons. The second-order valence-corrected chi connectivity index (χ2v) is 3.85. The highest BCUT2D eigenvalue weighted by molar-refractivity contribution is 5.20. The van der Waals surface area contributed by atoms with E-state index in [2.05, 4.69) is 5.43 Å². The van der Waals surface area contributed by atoms with Crippen molar-refractivity contribution >= 4 is 0 Å². The van der Waals surface area contributed by atoms with Gasteiger partial charge in [-0.3, -0.25) is 11.3 Å². The lowest BCUT2D eigenvalue weighted by Crippen LogP contribution is -2.40. The smallest absolute Gasteiger partial charge is 0.162 e. The van der Waals surface area contributed by atoms with Crippen molar-refractivity contribution < 1.29 is 18.3 Å². The third-order valence-corrected chi connectivity index (χ3v) is 2.48. The fraction of sp³-hybridized carbons (Fsp3) is 0.500. The molecule has 1 aromatic rings. The number of hydrazine groups is 1. The van der Waals surface area contributed by atoms with Gasteiger partial charge in [0.1, 0.15) is 0 Å². The second kappa shape index (κ2) is 8.10. The molecule has 1 unspecified atom stereocenters. The minimum absolute atomic E-state index is 0.257. The summed E-state index contributed by atoms with van der Waals surface area (Å²) in [5.41, 5.74) is 2.79. The van der Waals surface area contributed by atoms with Crippen LogP contribution in [0.3, 0.4) is 0 Å². The van der Waals surface area contributed by atoms with Gasteiger partial charge >= 0.3 is 0 Å². The fourth-order valence-corrected chi connectivity index (χ4v) is 1.51. The Bertz CT molecular complexity index is 364. The van der Waals surface area contributed by atoms with Crippen LogP contribution in [0, 0.1) is 11.6 Å². The van der Waals surface area contributed by atoms with Gasteiger partial charge in [0.15, 0.2) is 11.6 Å². The normalized spacial score (nSPS) is 12.7. The van der Waals surface area contributed by atoms with Gasteiger partial charge in [-0.15, -0.1) is 0 Å². The van der Waals surface area contributed by atoms with E-state index in [0.29, 0.717) is 19.8 Å². The first-order chi connectivity index (χ1) is 8.69. The Balaban J connectivity index is 2.49. The Labute approximate surface area is 105 Å². The second-order valence-electron chi connectivity index (χ2n) is 3.85. The summed E-state index contributed by atoms with van der Waals surface area (Å²) >= 11 is 0. The monoisotopic (exact) mass is 260 g/mol. The summed E-state index contributed by atoms with van der Waals surface area (Å²) in [5.74, 6) is 3.65. The van der Waals surface area contributed by atoms with Gasteiger partial charge in [0.2, 0.25) is 0 Å². The lowest BCUT2D eigenvalue weighted by molar-refractivity contribution is 0.0586. The van der Waals surface area contributed by atoms with E-state index in [1.165, 1.54) is 12.1 Å². The van der Waals surface area contributed by atoms with Crippen molar-refractivity contribution in [2.24, 2.45) is 5.84 Å². The number of halogens is 2. The molecule has 0 spiro atoms. The topological polar surface area (TPSA) is 56.5 Å². The van der Waals surface area contributed by atoms with Crippen LogP contribution in [0.25, 0.3) is 0 Å². The largest absolute Gasteiger partial charge is 0.382 e. The number of nitrogens with one attached hydrogen (secondary N) is 1. The van der Waals surface area contributed by atoms with Gasteiger partial charge in [-0.1, -0.05) is 12.1 Å². The standard InChI is InChI=1S/C12H18F2N2O2/c1-17-5-6-18-8-10(16-15)7-9-3-2-4-11(13)12(9)14/h2-4,10,16H,5-8,15H2,1H3. The predicted octanol–water partition coefficient (Wildman–Crippen LogP) is 1.00. The summed E-state index contributed by atoms with van der Waals surface area (Å²) in [6.45, 7) is 1.21. The number of methoxy groups -OCH3 is 1. The van der Waals surface area contributed by atoms with Crippen LogP contribution >= 0.6 is 0 Å². The summed E-state index contributed by atoms with van der Waals surface area (Å²) in [5, 5.41) is 0. The van der Waals surface area contributed by atoms with Gasteiger partial charge in [-0.25, -0.2) is 8.78 Å². The minimum Gasteiger partial charge on any atom is -0.382 e. The van der Waals surface area contributed by atoms with Crippen LogP contribution in [0.2, 0.25) is 0 Å². The fourth-order valence-electron chi connectivity index (χ4n) is 1.51. The highest BCUT2D eigenvalue weighted by atomic mass is 19.2. The summed E-state index contributed by atoms with van der Waals surface area (Å²) < 4.78 is 36.6. The molecule has 0 bridgehead atoms. The van der Waals surface area contributed by atoms with Crippen LogP contribution in [0.4, 0.5) is 8.78 Å². The quantitative estimate of drug-likeness (QED) is 0.416. The van der Waals surface area contributed by atoms with Crippen molar-refractivity contribution in [1.29, 1.82) is 0 Å². The maximum atomic E-state index is 13.4. The molecule has 0 aliphatic carbocycles. The highest BCUT2D eigenvalue weighted by Gasteiger charge is 2.13. The molecule has 1 atom stereocenters. The Hall–Kier alpha value is -1.08. The van der Waals surface area contributed by atoms with Crippen molar-refractivity contribution in [3.05, 3.63) is 35.4 Å². The lowest BCUT2D eigenvalue weighted by atomic mass is 10.1. The van der Waals surface area contributed by atoms with Crippen molar-refractivity contribution in [3.8, 4) is 0 Å². The first kappa shape index (κ1) is 15.0. The van der Waals surface area contributed by atoms with Crippen LogP contribution in [0.1, 0.15) is 5.56 Å². The molecule has 18 heavy (non-hydrogen) atoms. The van der Waals surface area contributed by atoms with Crippen molar-refractivity contribution in [2.45, 2.75) is 12.5 Å². The Kier molecular flexibility index (Phi) is 6.74. The number of nitrogens with two attached hydrogens (primary N) is 1. The molecule has 1 aromatic carbocycles. The number of hydrogen-bond acceptors (Lipinski definition) is 4. The van der Waals surface area contributed by atoms with E-state index >= 15 is 0 Å². The maximum Gasteiger partial charge on any atom is 0.162 e. The summed E-state index contributed by atoms with van der Waals surface area (Å²) in [4.78, 5) is 0. The van der Waals surface area contributed by atoms with Crippen molar-refractivity contribution in [1.82, 2.24) is 5.43 Å². The van der Waals surface area contributed by atoms with E-state index in [-0.39, 0.29) is 18.0 Å². The summed E-state index contributed by atoms with van der Waals surface area (Å²) in [6.07, 6.45) is 0.257. The summed E-state index contributed by atoms with van der Waals surface area (Å²) in [6, 6.07) is 3.79. The first-order valence-electron chi connectivity index (χ1n) is 5.64. The number of ether oxygens (including phenoxy) is 2. The minimum atomic E-state index is -0.858. The molecule has 4 nitrogen and oxygen atoms in total. The van der Waals surface area contributed by atoms with Gasteiger partial charge in [0.05, 0.1) is 19.8 Å². The Morgan fingerprint density at radius 1 is 1.33 bits per heavy atom. The van der Waals surface area contributed by atoms with E-state index in [0.717, 1.165) is 6.07 Å². The molecule has 6 heteroatoms. The molecule has 0 aliphatic heterocycles. The lowest BCUT2D eigenvalue weighted by Gasteiger charge is -2.16. The predicted molar refractivity (Wildman–Crippen MR) is 63.9 cm³/mol. The van der Waals surface area contributed by atoms with Gasteiger partial charge in [-0.05, 0) is 18.1 Å². The Morgan fingerprint density at radius 2 is 2.11 bits per heavy atom. The molecule has 0 saturated heterocycles. The van der Waals surface area contributed by atoms with Crippen LogP contribution in [0.5, 0.6) is 0 Å².